The van der Waals surface area contributed by atoms with Crippen molar-refractivity contribution in [3.05, 3.63) is 23.4 Å². The van der Waals surface area contributed by atoms with Crippen LogP contribution in [0.1, 0.15) is 0 Å². The molecule has 2 N–H and O–H groups in total. The Morgan fingerprint density at radius 3 is 2.00 bits per heavy atom. The molecule has 20 heavy (non-hydrogen) atoms. The summed E-state index contributed by atoms with van der Waals surface area (Å²) in [6.07, 6.45) is 0. The van der Waals surface area contributed by atoms with Crippen LogP contribution in [-0.2, 0) is 0 Å². The number of ether oxygens (including phenoxy) is 3. The van der Waals surface area contributed by atoms with Gasteiger partial charge in [-0.3, -0.25) is 0 Å². The summed E-state index contributed by atoms with van der Waals surface area (Å²) in [5.41, 5.74) is 6.90. The van der Waals surface area contributed by atoms with E-state index in [1.165, 1.54) is 0 Å². The topological polar surface area (TPSA) is 79.5 Å². The number of aromatic nitrogens is 2. The van der Waals surface area contributed by atoms with Crippen molar-refractivity contribution in [2.75, 3.05) is 27.1 Å². The average Bonchev–Trinajstić information content (AvgIpc) is 2.44. The average molecular weight is 296 g/mol. The molecule has 1 aromatic heterocycles. The van der Waals surface area contributed by atoms with Crippen molar-refractivity contribution in [1.29, 1.82) is 0 Å². The number of hydrogen-bond acceptors (Lipinski definition) is 6. The predicted octanol–water partition coefficient (Wildman–Crippen LogP) is 2.41. The highest BCUT2D eigenvalue weighted by Gasteiger charge is 2.15. The molecular formula is C13H14ClN3O3. The first kappa shape index (κ1) is 14.2. The minimum absolute atomic E-state index is 0.0984. The van der Waals surface area contributed by atoms with Gasteiger partial charge in [0.1, 0.15) is 5.15 Å². The molecule has 0 saturated carbocycles. The number of benzene rings is 1. The fourth-order valence-corrected chi connectivity index (χ4v) is 2.00. The lowest BCUT2D eigenvalue weighted by molar-refractivity contribution is 0.324. The zero-order valence-electron chi connectivity index (χ0n) is 11.3. The van der Waals surface area contributed by atoms with E-state index in [9.17, 15) is 0 Å². The van der Waals surface area contributed by atoms with Gasteiger partial charge in [0, 0.05) is 11.6 Å². The number of methoxy groups -OCH3 is 3. The minimum atomic E-state index is 0.0984. The van der Waals surface area contributed by atoms with Crippen molar-refractivity contribution in [2.45, 2.75) is 0 Å². The van der Waals surface area contributed by atoms with E-state index in [1.807, 2.05) is 0 Å². The number of anilines is 1. The molecule has 106 valence electrons. The molecule has 0 aliphatic heterocycles. The van der Waals surface area contributed by atoms with Gasteiger partial charge in [-0.15, -0.1) is 0 Å². The van der Waals surface area contributed by atoms with Crippen molar-refractivity contribution >= 4 is 17.5 Å². The lowest BCUT2D eigenvalue weighted by atomic mass is 10.1. The molecule has 0 aliphatic carbocycles. The Bertz CT molecular complexity index is 589. The molecule has 0 radical (unpaired) electrons. The molecule has 0 aliphatic rings. The van der Waals surface area contributed by atoms with E-state index >= 15 is 0 Å². The molecule has 7 heteroatoms. The van der Waals surface area contributed by atoms with E-state index in [0.29, 0.717) is 22.9 Å². The molecular weight excluding hydrogens is 282 g/mol. The third-order valence-corrected chi connectivity index (χ3v) is 2.87. The molecule has 0 fully saturated rings. The van der Waals surface area contributed by atoms with Crippen molar-refractivity contribution in [2.24, 2.45) is 0 Å². The molecule has 2 aromatic rings. The Hall–Kier alpha value is -2.21. The molecule has 0 unspecified atom stereocenters. The standard InChI is InChI=1S/C13H14ClN3O3/c1-18-9-4-7(5-10(19-2)12(9)20-3)8-6-11(14)17-13(15)16-8/h4-6H,1-3H3,(H2,15,16,17). The monoisotopic (exact) mass is 295 g/mol. The smallest absolute Gasteiger partial charge is 0.221 e. The van der Waals surface area contributed by atoms with E-state index in [1.54, 1.807) is 39.5 Å². The molecule has 0 saturated heterocycles. The van der Waals surface area contributed by atoms with Crippen LogP contribution in [0.3, 0.4) is 0 Å². The van der Waals surface area contributed by atoms with Gasteiger partial charge in [0.15, 0.2) is 11.5 Å². The number of nitrogens with zero attached hydrogens (tertiary/aromatic N) is 2. The van der Waals surface area contributed by atoms with E-state index in [0.717, 1.165) is 5.56 Å². The first-order chi connectivity index (χ1) is 9.58. The molecule has 6 nitrogen and oxygen atoms in total. The van der Waals surface area contributed by atoms with Crippen molar-refractivity contribution < 1.29 is 14.2 Å². The third kappa shape index (κ3) is 2.70. The zero-order valence-corrected chi connectivity index (χ0v) is 12.1. The Morgan fingerprint density at radius 1 is 0.950 bits per heavy atom. The van der Waals surface area contributed by atoms with Crippen LogP contribution < -0.4 is 19.9 Å². The zero-order chi connectivity index (χ0) is 14.7. The minimum Gasteiger partial charge on any atom is -0.493 e. The summed E-state index contributed by atoms with van der Waals surface area (Å²) >= 11 is 5.89. The highest BCUT2D eigenvalue weighted by Crippen LogP contribution is 2.41. The number of halogens is 1. The molecule has 1 heterocycles. The summed E-state index contributed by atoms with van der Waals surface area (Å²) in [5.74, 6) is 1.65. The fourth-order valence-electron chi connectivity index (χ4n) is 1.81. The number of rotatable bonds is 4. The van der Waals surface area contributed by atoms with Gasteiger partial charge < -0.3 is 19.9 Å². The number of hydrogen-bond donors (Lipinski definition) is 1. The first-order valence-electron chi connectivity index (χ1n) is 5.69. The summed E-state index contributed by atoms with van der Waals surface area (Å²) in [7, 11) is 4.63. The maximum Gasteiger partial charge on any atom is 0.221 e. The summed E-state index contributed by atoms with van der Waals surface area (Å²) in [6, 6.07) is 5.14. The highest BCUT2D eigenvalue weighted by molar-refractivity contribution is 6.29. The second-order valence-corrected chi connectivity index (χ2v) is 4.24. The highest BCUT2D eigenvalue weighted by atomic mass is 35.5. The van der Waals surface area contributed by atoms with Crippen LogP contribution in [0.15, 0.2) is 18.2 Å². The van der Waals surface area contributed by atoms with Crippen molar-refractivity contribution in [1.82, 2.24) is 9.97 Å². The second-order valence-electron chi connectivity index (χ2n) is 3.85. The van der Waals surface area contributed by atoms with E-state index in [-0.39, 0.29) is 11.1 Å². The van der Waals surface area contributed by atoms with Gasteiger partial charge in [0.25, 0.3) is 0 Å². The van der Waals surface area contributed by atoms with Gasteiger partial charge in [-0.1, -0.05) is 11.6 Å². The first-order valence-corrected chi connectivity index (χ1v) is 6.07. The largest absolute Gasteiger partial charge is 0.493 e. The van der Waals surface area contributed by atoms with E-state index < -0.39 is 0 Å². The lowest BCUT2D eigenvalue weighted by Crippen LogP contribution is -1.99. The van der Waals surface area contributed by atoms with Gasteiger partial charge in [-0.05, 0) is 12.1 Å². The van der Waals surface area contributed by atoms with Crippen LogP contribution in [0.25, 0.3) is 11.3 Å². The van der Waals surface area contributed by atoms with Crippen LogP contribution in [0.2, 0.25) is 5.15 Å². The predicted molar refractivity (Wildman–Crippen MR) is 76.5 cm³/mol. The summed E-state index contributed by atoms with van der Waals surface area (Å²) < 4.78 is 15.8. The summed E-state index contributed by atoms with van der Waals surface area (Å²) in [4.78, 5) is 7.96. The molecule has 0 amide bonds. The maximum atomic E-state index is 5.89. The number of nitrogen functional groups attached to an aromatic ring is 1. The van der Waals surface area contributed by atoms with Gasteiger partial charge in [-0.25, -0.2) is 9.97 Å². The van der Waals surface area contributed by atoms with Crippen LogP contribution in [0, 0.1) is 0 Å². The second kappa shape index (κ2) is 5.83. The van der Waals surface area contributed by atoms with Crippen molar-refractivity contribution in [3.63, 3.8) is 0 Å². The van der Waals surface area contributed by atoms with Gasteiger partial charge in [0.2, 0.25) is 11.7 Å². The summed E-state index contributed by atoms with van der Waals surface area (Å²) in [5, 5.41) is 0.265. The Kier molecular flexibility index (Phi) is 4.14. The van der Waals surface area contributed by atoms with Crippen LogP contribution >= 0.6 is 11.6 Å². The quantitative estimate of drug-likeness (QED) is 0.873. The van der Waals surface area contributed by atoms with Crippen molar-refractivity contribution in [3.8, 4) is 28.5 Å². The van der Waals surface area contributed by atoms with E-state index in [2.05, 4.69) is 9.97 Å². The SMILES string of the molecule is COc1cc(-c2cc(Cl)nc(N)n2)cc(OC)c1OC. The molecule has 0 bridgehead atoms. The molecule has 1 aromatic carbocycles. The van der Waals surface area contributed by atoms with Gasteiger partial charge >= 0.3 is 0 Å². The van der Waals surface area contributed by atoms with Crippen LogP contribution in [0.4, 0.5) is 5.95 Å². The Balaban J connectivity index is 2.62. The molecule has 0 atom stereocenters. The van der Waals surface area contributed by atoms with Gasteiger partial charge in [-0.2, -0.15) is 0 Å². The lowest BCUT2D eigenvalue weighted by Gasteiger charge is -2.14. The Labute approximate surface area is 121 Å². The van der Waals surface area contributed by atoms with E-state index in [4.69, 9.17) is 31.5 Å². The number of nitrogens with two attached hydrogens (primary N) is 1. The normalized spacial score (nSPS) is 10.2. The fraction of sp³-hybridized carbons (Fsp3) is 0.231. The third-order valence-electron chi connectivity index (χ3n) is 2.67. The van der Waals surface area contributed by atoms with Crippen LogP contribution in [0.5, 0.6) is 17.2 Å². The maximum absolute atomic E-state index is 5.89. The summed E-state index contributed by atoms with van der Waals surface area (Å²) in [6.45, 7) is 0. The Morgan fingerprint density at radius 2 is 1.55 bits per heavy atom. The molecule has 0 spiro atoms. The van der Waals surface area contributed by atoms with Crippen LogP contribution in [-0.4, -0.2) is 31.3 Å². The van der Waals surface area contributed by atoms with Gasteiger partial charge in [0.05, 0.1) is 27.0 Å². The molecule has 2 rings (SSSR count).